The number of rotatable bonds is 11. The molecule has 0 bridgehead atoms. The van der Waals surface area contributed by atoms with Crippen molar-refractivity contribution in [2.24, 2.45) is 0 Å². The van der Waals surface area contributed by atoms with E-state index in [9.17, 15) is 14.0 Å². The molecule has 0 saturated carbocycles. The molecule has 1 saturated heterocycles. The smallest absolute Gasteiger partial charge is 0.254 e. The van der Waals surface area contributed by atoms with E-state index in [0.717, 1.165) is 25.2 Å². The highest BCUT2D eigenvalue weighted by atomic mass is 19.1. The van der Waals surface area contributed by atoms with E-state index in [1.807, 2.05) is 24.3 Å². The van der Waals surface area contributed by atoms with Crippen molar-refractivity contribution in [1.29, 1.82) is 0 Å². The molecule has 2 aliphatic heterocycles. The van der Waals surface area contributed by atoms with E-state index >= 15 is 0 Å². The maximum Gasteiger partial charge on any atom is 0.254 e. The molecular formula is C29H32FN3O6. The van der Waals surface area contributed by atoms with Crippen molar-refractivity contribution in [3.05, 3.63) is 83.6 Å². The van der Waals surface area contributed by atoms with E-state index < -0.39 is 5.82 Å². The van der Waals surface area contributed by atoms with Gasteiger partial charge in [0.05, 0.1) is 26.0 Å². The van der Waals surface area contributed by atoms with Gasteiger partial charge < -0.3 is 28.4 Å². The first-order chi connectivity index (χ1) is 19.0. The number of benzene rings is 2. The second-order valence-electron chi connectivity index (χ2n) is 9.56. The van der Waals surface area contributed by atoms with Gasteiger partial charge in [0.2, 0.25) is 12.7 Å². The van der Waals surface area contributed by atoms with Gasteiger partial charge in [0, 0.05) is 38.3 Å². The molecule has 5 rings (SSSR count). The maximum absolute atomic E-state index is 13.7. The van der Waals surface area contributed by atoms with Crippen LogP contribution in [-0.2, 0) is 22.6 Å². The van der Waals surface area contributed by atoms with Gasteiger partial charge in [0.25, 0.3) is 5.91 Å². The third kappa shape index (κ3) is 7.15. The summed E-state index contributed by atoms with van der Waals surface area (Å²) in [4.78, 5) is 32.7. The summed E-state index contributed by atoms with van der Waals surface area (Å²) in [6.45, 7) is 4.83. The topological polar surface area (TPSA) is 84.7 Å². The predicted octanol–water partition coefficient (Wildman–Crippen LogP) is 3.54. The highest BCUT2D eigenvalue weighted by Gasteiger charge is 2.24. The van der Waals surface area contributed by atoms with Gasteiger partial charge in [-0.2, -0.15) is 0 Å². The molecule has 0 atom stereocenters. The van der Waals surface area contributed by atoms with Gasteiger partial charge in [-0.3, -0.25) is 14.5 Å². The van der Waals surface area contributed by atoms with Gasteiger partial charge in [0.15, 0.2) is 11.5 Å². The lowest BCUT2D eigenvalue weighted by Crippen LogP contribution is -2.44. The molecule has 10 heteroatoms. The van der Waals surface area contributed by atoms with Crippen LogP contribution in [0.3, 0.4) is 0 Å². The molecule has 2 amide bonds. The first-order valence-electron chi connectivity index (χ1n) is 13.1. The second kappa shape index (κ2) is 12.8. The molecule has 0 aliphatic carbocycles. The zero-order valence-corrected chi connectivity index (χ0v) is 21.7. The van der Waals surface area contributed by atoms with E-state index in [4.69, 9.17) is 18.6 Å². The number of carbonyl (C=O) groups excluding carboxylic acids is 2. The van der Waals surface area contributed by atoms with Gasteiger partial charge in [-0.25, -0.2) is 4.39 Å². The summed E-state index contributed by atoms with van der Waals surface area (Å²) >= 11 is 0. The van der Waals surface area contributed by atoms with Crippen molar-refractivity contribution in [3.8, 4) is 11.5 Å². The molecule has 206 valence electrons. The van der Waals surface area contributed by atoms with Crippen LogP contribution >= 0.6 is 0 Å². The molecule has 2 aliphatic rings. The lowest BCUT2D eigenvalue weighted by atomic mass is 10.1. The third-order valence-electron chi connectivity index (χ3n) is 6.80. The maximum atomic E-state index is 13.7. The highest BCUT2D eigenvalue weighted by molar-refractivity contribution is 5.96. The average molecular weight is 538 g/mol. The number of amides is 2. The van der Waals surface area contributed by atoms with Crippen LogP contribution in [0.1, 0.15) is 28.1 Å². The Balaban J connectivity index is 1.31. The fourth-order valence-corrected chi connectivity index (χ4v) is 4.68. The lowest BCUT2D eigenvalue weighted by molar-refractivity contribution is -0.133. The van der Waals surface area contributed by atoms with E-state index in [2.05, 4.69) is 4.90 Å². The van der Waals surface area contributed by atoms with Gasteiger partial charge in [0.1, 0.15) is 18.1 Å². The van der Waals surface area contributed by atoms with Gasteiger partial charge >= 0.3 is 0 Å². The molecule has 1 fully saturated rings. The van der Waals surface area contributed by atoms with Gasteiger partial charge in [-0.1, -0.05) is 6.07 Å². The Labute approximate surface area is 226 Å². The molecule has 0 spiro atoms. The van der Waals surface area contributed by atoms with Crippen LogP contribution < -0.4 is 9.47 Å². The number of nitrogens with zero attached hydrogens (tertiary/aromatic N) is 3. The van der Waals surface area contributed by atoms with Gasteiger partial charge in [-0.15, -0.1) is 0 Å². The Hall–Kier alpha value is -3.89. The molecule has 3 aromatic rings. The summed E-state index contributed by atoms with van der Waals surface area (Å²) in [6.07, 6.45) is 2.26. The SMILES string of the molecule is O=C(CN(CCCN1CCOCC1)C(=O)c1ccc(F)cc1)N(Cc1ccc2c(c1)OCO2)Cc1ccco1. The zero-order valence-electron chi connectivity index (χ0n) is 21.7. The molecule has 3 heterocycles. The monoisotopic (exact) mass is 537 g/mol. The zero-order chi connectivity index (χ0) is 27.0. The standard InChI is InChI=1S/C29H32FN3O6/c30-24-7-5-23(6-8-24)29(35)32(11-2-10-31-12-15-36-16-13-31)20-28(34)33(19-25-3-1-14-37-25)18-22-4-9-26-27(17-22)39-21-38-26/h1,3-9,14,17H,2,10-13,15-16,18-21H2. The molecule has 9 nitrogen and oxygen atoms in total. The van der Waals surface area contributed by atoms with Crippen molar-refractivity contribution in [3.63, 3.8) is 0 Å². The van der Waals surface area contributed by atoms with Crippen molar-refractivity contribution in [2.45, 2.75) is 19.5 Å². The van der Waals surface area contributed by atoms with E-state index in [1.54, 1.807) is 22.1 Å². The van der Waals surface area contributed by atoms with Crippen molar-refractivity contribution in [1.82, 2.24) is 14.7 Å². The fraction of sp³-hybridized carbons (Fsp3) is 0.379. The first-order valence-corrected chi connectivity index (χ1v) is 13.1. The lowest BCUT2D eigenvalue weighted by Gasteiger charge is -2.30. The molecule has 2 aromatic carbocycles. The first kappa shape index (κ1) is 26.7. The average Bonchev–Trinajstić information content (AvgIpc) is 3.65. The number of halogens is 1. The number of ether oxygens (including phenoxy) is 3. The van der Waals surface area contributed by atoms with Crippen molar-refractivity contribution < 1.29 is 32.6 Å². The Morgan fingerprint density at radius 3 is 2.49 bits per heavy atom. The Morgan fingerprint density at radius 2 is 1.72 bits per heavy atom. The Bertz CT molecular complexity index is 1240. The Kier molecular flexibility index (Phi) is 8.75. The van der Waals surface area contributed by atoms with Crippen LogP contribution in [0.4, 0.5) is 4.39 Å². The number of fused-ring (bicyclic) bond motifs is 1. The summed E-state index contributed by atoms with van der Waals surface area (Å²) in [5.74, 6) is 0.966. The highest BCUT2D eigenvalue weighted by Crippen LogP contribution is 2.33. The molecule has 1 aromatic heterocycles. The van der Waals surface area contributed by atoms with Crippen LogP contribution in [0.2, 0.25) is 0 Å². The molecule has 0 unspecified atom stereocenters. The van der Waals surface area contributed by atoms with Crippen LogP contribution in [0, 0.1) is 5.82 Å². The van der Waals surface area contributed by atoms with Crippen LogP contribution in [0.15, 0.2) is 65.3 Å². The van der Waals surface area contributed by atoms with Crippen molar-refractivity contribution in [2.75, 3.05) is 52.7 Å². The van der Waals surface area contributed by atoms with Crippen molar-refractivity contribution >= 4 is 11.8 Å². The minimum atomic E-state index is -0.421. The van der Waals surface area contributed by atoms with Crippen LogP contribution in [-0.4, -0.2) is 79.2 Å². The summed E-state index contributed by atoms with van der Waals surface area (Å²) < 4.78 is 35.4. The summed E-state index contributed by atoms with van der Waals surface area (Å²) in [5, 5.41) is 0. The number of carbonyl (C=O) groups is 2. The quantitative estimate of drug-likeness (QED) is 0.370. The fourth-order valence-electron chi connectivity index (χ4n) is 4.68. The number of hydrogen-bond acceptors (Lipinski definition) is 7. The minimum absolute atomic E-state index is 0.120. The van der Waals surface area contributed by atoms with E-state index in [0.29, 0.717) is 55.5 Å². The second-order valence-corrected chi connectivity index (χ2v) is 9.56. The number of morpholine rings is 1. The molecule has 0 radical (unpaired) electrons. The Morgan fingerprint density at radius 1 is 0.923 bits per heavy atom. The largest absolute Gasteiger partial charge is 0.467 e. The number of furan rings is 1. The predicted molar refractivity (Wildman–Crippen MR) is 140 cm³/mol. The molecular weight excluding hydrogens is 505 g/mol. The van der Waals surface area contributed by atoms with Gasteiger partial charge in [-0.05, 0) is 60.5 Å². The summed E-state index contributed by atoms with van der Waals surface area (Å²) in [5.41, 5.74) is 1.20. The summed E-state index contributed by atoms with van der Waals surface area (Å²) in [7, 11) is 0. The number of hydrogen-bond donors (Lipinski definition) is 0. The molecule has 39 heavy (non-hydrogen) atoms. The normalized spacial score (nSPS) is 14.8. The van der Waals surface area contributed by atoms with E-state index in [1.165, 1.54) is 24.3 Å². The van der Waals surface area contributed by atoms with E-state index in [-0.39, 0.29) is 31.7 Å². The molecule has 0 N–H and O–H groups in total. The van der Waals surface area contributed by atoms with Crippen LogP contribution in [0.5, 0.6) is 11.5 Å². The third-order valence-corrected chi connectivity index (χ3v) is 6.80. The summed E-state index contributed by atoms with van der Waals surface area (Å²) in [6, 6.07) is 14.6. The van der Waals surface area contributed by atoms with Crippen LogP contribution in [0.25, 0.3) is 0 Å². The minimum Gasteiger partial charge on any atom is -0.467 e.